The third-order valence-electron chi connectivity index (χ3n) is 4.28. The van der Waals surface area contributed by atoms with E-state index in [0.29, 0.717) is 0 Å². The van der Waals surface area contributed by atoms with Gasteiger partial charge in [-0.25, -0.2) is 0 Å². The number of anilines is 2. The lowest BCUT2D eigenvalue weighted by Crippen LogP contribution is -2.16. The summed E-state index contributed by atoms with van der Waals surface area (Å²) in [4.78, 5) is 2.36. The first-order chi connectivity index (χ1) is 12.3. The van der Waals surface area contributed by atoms with Gasteiger partial charge in [0.15, 0.2) is 0 Å². The topological polar surface area (TPSA) is 3.24 Å². The zero-order chi connectivity index (χ0) is 17.5. The van der Waals surface area contributed by atoms with Crippen molar-refractivity contribution in [2.24, 2.45) is 0 Å². The average molecular weight is 327 g/mol. The number of hydrogen-bond acceptors (Lipinski definition) is 1. The molecule has 0 fully saturated rings. The van der Waals surface area contributed by atoms with E-state index in [1.165, 1.54) is 28.1 Å². The molecule has 0 aliphatic heterocycles. The Bertz CT molecular complexity index is 799. The molecule has 0 aromatic heterocycles. The van der Waals surface area contributed by atoms with Crippen LogP contribution in [0.25, 0.3) is 6.08 Å². The number of rotatable bonds is 6. The van der Waals surface area contributed by atoms with Crippen molar-refractivity contribution in [1.29, 1.82) is 0 Å². The summed E-state index contributed by atoms with van der Waals surface area (Å²) in [5.41, 5.74) is 6.25. The van der Waals surface area contributed by atoms with Crippen molar-refractivity contribution >= 4 is 17.5 Å². The van der Waals surface area contributed by atoms with Gasteiger partial charge in [0.1, 0.15) is 0 Å². The summed E-state index contributed by atoms with van der Waals surface area (Å²) >= 11 is 0. The highest BCUT2D eigenvalue weighted by Crippen LogP contribution is 2.28. The Morgan fingerprint density at radius 1 is 0.760 bits per heavy atom. The summed E-state index contributed by atoms with van der Waals surface area (Å²) in [6.45, 7) is 5.14. The standard InChI is InChI=1S/C24H25N/c1-3-4-8-21-13-17-24(18-14-21)25(19-22-9-6-5-7-10-22)23-15-11-20(2)12-16-23/h4-18H,3,19H2,1-2H3/b8-4-. The van der Waals surface area contributed by atoms with Crippen molar-refractivity contribution < 1.29 is 0 Å². The van der Waals surface area contributed by atoms with E-state index in [2.05, 4.69) is 110 Å². The van der Waals surface area contributed by atoms with E-state index in [1.807, 2.05) is 0 Å². The molecule has 0 bridgehead atoms. The highest BCUT2D eigenvalue weighted by molar-refractivity contribution is 5.65. The normalized spacial score (nSPS) is 11.0. The van der Waals surface area contributed by atoms with E-state index >= 15 is 0 Å². The largest absolute Gasteiger partial charge is 0.337 e. The molecule has 1 nitrogen and oxygen atoms in total. The van der Waals surface area contributed by atoms with Gasteiger partial charge in [0.05, 0.1) is 0 Å². The van der Waals surface area contributed by atoms with Crippen molar-refractivity contribution in [3.8, 4) is 0 Å². The van der Waals surface area contributed by atoms with Crippen molar-refractivity contribution in [1.82, 2.24) is 0 Å². The Morgan fingerprint density at radius 2 is 1.36 bits per heavy atom. The zero-order valence-electron chi connectivity index (χ0n) is 15.0. The molecule has 0 N–H and O–H groups in total. The molecule has 3 aromatic carbocycles. The third-order valence-corrected chi connectivity index (χ3v) is 4.28. The smallest absolute Gasteiger partial charge is 0.0481 e. The fourth-order valence-corrected chi connectivity index (χ4v) is 2.84. The first kappa shape index (κ1) is 17.0. The molecule has 0 saturated carbocycles. The van der Waals surface area contributed by atoms with Crippen LogP contribution >= 0.6 is 0 Å². The molecule has 0 spiro atoms. The fourth-order valence-electron chi connectivity index (χ4n) is 2.84. The quantitative estimate of drug-likeness (QED) is 0.483. The van der Waals surface area contributed by atoms with Crippen LogP contribution in [-0.4, -0.2) is 0 Å². The van der Waals surface area contributed by atoms with Crippen LogP contribution in [-0.2, 0) is 6.54 Å². The van der Waals surface area contributed by atoms with Crippen LogP contribution in [0.3, 0.4) is 0 Å². The minimum atomic E-state index is 0.855. The maximum absolute atomic E-state index is 2.36. The predicted octanol–water partition coefficient (Wildman–Crippen LogP) is 6.76. The highest BCUT2D eigenvalue weighted by Gasteiger charge is 2.10. The molecule has 0 radical (unpaired) electrons. The second-order valence-electron chi connectivity index (χ2n) is 6.31. The average Bonchev–Trinajstić information content (AvgIpc) is 2.67. The van der Waals surface area contributed by atoms with E-state index in [9.17, 15) is 0 Å². The van der Waals surface area contributed by atoms with Gasteiger partial charge < -0.3 is 4.90 Å². The second-order valence-corrected chi connectivity index (χ2v) is 6.31. The van der Waals surface area contributed by atoms with E-state index in [0.717, 1.165) is 13.0 Å². The molecular formula is C24H25N. The number of nitrogens with zero attached hydrogens (tertiary/aromatic N) is 1. The fraction of sp³-hybridized carbons (Fsp3) is 0.167. The van der Waals surface area contributed by atoms with Crippen molar-refractivity contribution in [2.75, 3.05) is 4.90 Å². The molecule has 0 saturated heterocycles. The molecule has 25 heavy (non-hydrogen) atoms. The lowest BCUT2D eigenvalue weighted by molar-refractivity contribution is 0.975. The van der Waals surface area contributed by atoms with E-state index in [1.54, 1.807) is 0 Å². The van der Waals surface area contributed by atoms with E-state index < -0.39 is 0 Å². The Labute approximate surface area is 151 Å². The van der Waals surface area contributed by atoms with Crippen molar-refractivity contribution in [3.63, 3.8) is 0 Å². The summed E-state index contributed by atoms with van der Waals surface area (Å²) in [6, 6.07) is 28.2. The van der Waals surface area contributed by atoms with Crippen LogP contribution in [0.15, 0.2) is 84.9 Å². The van der Waals surface area contributed by atoms with Gasteiger partial charge in [0.25, 0.3) is 0 Å². The van der Waals surface area contributed by atoms with Gasteiger partial charge >= 0.3 is 0 Å². The highest BCUT2D eigenvalue weighted by atomic mass is 15.1. The molecule has 3 aromatic rings. The number of hydrogen-bond donors (Lipinski definition) is 0. The number of allylic oxidation sites excluding steroid dienone is 1. The van der Waals surface area contributed by atoms with Crippen molar-refractivity contribution in [2.45, 2.75) is 26.8 Å². The lowest BCUT2D eigenvalue weighted by Gasteiger charge is -2.25. The van der Waals surface area contributed by atoms with E-state index in [4.69, 9.17) is 0 Å². The van der Waals surface area contributed by atoms with Gasteiger partial charge in [-0.15, -0.1) is 0 Å². The van der Waals surface area contributed by atoms with Crippen LogP contribution < -0.4 is 4.90 Å². The van der Waals surface area contributed by atoms with Crippen LogP contribution in [0, 0.1) is 6.92 Å². The molecule has 0 aliphatic carbocycles. The van der Waals surface area contributed by atoms with Crippen LogP contribution in [0.2, 0.25) is 0 Å². The lowest BCUT2D eigenvalue weighted by atomic mass is 10.1. The Balaban J connectivity index is 1.92. The second kappa shape index (κ2) is 8.34. The van der Waals surface area contributed by atoms with Gasteiger partial charge in [0.2, 0.25) is 0 Å². The summed E-state index contributed by atoms with van der Waals surface area (Å²) < 4.78 is 0. The zero-order valence-corrected chi connectivity index (χ0v) is 15.0. The summed E-state index contributed by atoms with van der Waals surface area (Å²) in [5.74, 6) is 0. The van der Waals surface area contributed by atoms with E-state index in [-0.39, 0.29) is 0 Å². The van der Waals surface area contributed by atoms with Crippen LogP contribution in [0.1, 0.15) is 30.0 Å². The Morgan fingerprint density at radius 3 is 1.96 bits per heavy atom. The van der Waals surface area contributed by atoms with Crippen LogP contribution in [0.4, 0.5) is 11.4 Å². The van der Waals surface area contributed by atoms with Gasteiger partial charge in [-0.05, 0) is 48.7 Å². The number of aryl methyl sites for hydroxylation is 1. The van der Waals surface area contributed by atoms with Gasteiger partial charge in [-0.3, -0.25) is 0 Å². The third kappa shape index (κ3) is 4.60. The van der Waals surface area contributed by atoms with Gasteiger partial charge in [0, 0.05) is 17.9 Å². The van der Waals surface area contributed by atoms with Gasteiger partial charge in [-0.2, -0.15) is 0 Å². The molecule has 0 aliphatic rings. The maximum atomic E-state index is 2.36. The molecular weight excluding hydrogens is 302 g/mol. The Hall–Kier alpha value is -2.80. The first-order valence-corrected chi connectivity index (χ1v) is 8.91. The number of benzene rings is 3. The molecule has 0 unspecified atom stereocenters. The molecule has 1 heteroatoms. The minimum absolute atomic E-state index is 0.855. The minimum Gasteiger partial charge on any atom is -0.337 e. The predicted molar refractivity (Wildman–Crippen MR) is 109 cm³/mol. The molecule has 3 rings (SSSR count). The Kier molecular flexibility index (Phi) is 5.69. The maximum Gasteiger partial charge on any atom is 0.0481 e. The first-order valence-electron chi connectivity index (χ1n) is 8.91. The molecule has 0 atom stereocenters. The summed E-state index contributed by atoms with van der Waals surface area (Å²) in [5, 5.41) is 0. The molecule has 0 heterocycles. The monoisotopic (exact) mass is 327 g/mol. The molecule has 126 valence electrons. The van der Waals surface area contributed by atoms with Crippen molar-refractivity contribution in [3.05, 3.63) is 102 Å². The van der Waals surface area contributed by atoms with Gasteiger partial charge in [-0.1, -0.05) is 79.2 Å². The SMILES string of the molecule is CC/C=C\c1ccc(N(Cc2ccccc2)c2ccc(C)cc2)cc1. The molecule has 0 amide bonds. The summed E-state index contributed by atoms with van der Waals surface area (Å²) in [7, 11) is 0. The summed E-state index contributed by atoms with van der Waals surface area (Å²) in [6.07, 6.45) is 5.43. The van der Waals surface area contributed by atoms with Crippen LogP contribution in [0.5, 0.6) is 0 Å².